The maximum absolute atomic E-state index is 12.0. The lowest BCUT2D eigenvalue weighted by Gasteiger charge is -2.43. The first-order chi connectivity index (χ1) is 9.58. The molecule has 2 amide bonds. The number of likely N-dealkylation sites (tertiary alicyclic amines) is 1. The Morgan fingerprint density at radius 1 is 1.15 bits per heavy atom. The Bertz CT molecular complexity index is 355. The van der Waals surface area contributed by atoms with Crippen LogP contribution in [0.4, 0.5) is 0 Å². The van der Waals surface area contributed by atoms with Gasteiger partial charge >= 0.3 is 0 Å². The van der Waals surface area contributed by atoms with Gasteiger partial charge in [-0.2, -0.15) is 0 Å². The fourth-order valence-electron chi connectivity index (χ4n) is 3.50. The van der Waals surface area contributed by atoms with Crippen molar-refractivity contribution in [3.05, 3.63) is 0 Å². The molecule has 0 aromatic heterocycles. The molecule has 1 aliphatic carbocycles. The van der Waals surface area contributed by atoms with Crippen LogP contribution in [0.3, 0.4) is 0 Å². The zero-order valence-electron chi connectivity index (χ0n) is 12.7. The molecule has 0 spiro atoms. The van der Waals surface area contributed by atoms with Crippen LogP contribution in [0.2, 0.25) is 0 Å². The van der Waals surface area contributed by atoms with E-state index in [2.05, 4.69) is 10.2 Å². The summed E-state index contributed by atoms with van der Waals surface area (Å²) in [4.78, 5) is 27.3. The fraction of sp³-hybridized carbons (Fsp3) is 0.867. The molecule has 20 heavy (non-hydrogen) atoms. The van der Waals surface area contributed by atoms with E-state index in [9.17, 15) is 9.59 Å². The Hall–Kier alpha value is -1.10. The van der Waals surface area contributed by atoms with Gasteiger partial charge in [0.25, 0.3) is 0 Å². The van der Waals surface area contributed by atoms with Gasteiger partial charge in [0.15, 0.2) is 0 Å². The molecule has 1 aliphatic heterocycles. The van der Waals surface area contributed by atoms with Gasteiger partial charge in [-0.3, -0.25) is 14.5 Å². The number of piperidine rings is 1. The van der Waals surface area contributed by atoms with Crippen molar-refractivity contribution in [2.24, 2.45) is 5.92 Å². The van der Waals surface area contributed by atoms with Crippen LogP contribution in [0.25, 0.3) is 0 Å². The number of likely N-dealkylation sites (N-methyl/N-ethyl adjacent to an activating group) is 1. The van der Waals surface area contributed by atoms with Crippen LogP contribution in [0.15, 0.2) is 0 Å². The number of hydrogen-bond donors (Lipinski definition) is 1. The van der Waals surface area contributed by atoms with E-state index in [1.54, 1.807) is 14.1 Å². The molecule has 5 nitrogen and oxygen atoms in total. The molecule has 2 fully saturated rings. The Morgan fingerprint density at radius 3 is 2.60 bits per heavy atom. The number of carbonyl (C=O) groups is 2. The number of nitrogens with one attached hydrogen (secondary N) is 1. The Kier molecular flexibility index (Phi) is 5.40. The highest BCUT2D eigenvalue weighted by Gasteiger charge is 2.33. The summed E-state index contributed by atoms with van der Waals surface area (Å²) in [5, 5.41) is 2.73. The number of hydrogen-bond acceptors (Lipinski definition) is 3. The highest BCUT2D eigenvalue weighted by molar-refractivity contribution is 5.85. The minimum Gasteiger partial charge on any atom is -0.347 e. The summed E-state index contributed by atoms with van der Waals surface area (Å²) < 4.78 is 0. The van der Waals surface area contributed by atoms with Crippen molar-refractivity contribution in [2.45, 2.75) is 44.6 Å². The van der Waals surface area contributed by atoms with E-state index in [4.69, 9.17) is 0 Å². The first kappa shape index (κ1) is 15.3. The molecule has 0 radical (unpaired) electrons. The SMILES string of the molecule is CN(C)C(=O)CNC(=O)CN1CCC[C@H]2CCCC[C@@H]21. The standard InChI is InChI=1S/C15H27N3O2/c1-17(2)15(20)10-16-14(19)11-18-9-5-7-12-6-3-4-8-13(12)18/h12-13H,3-11H2,1-2H3,(H,16,19)/t12-,13+/m1/s1. The summed E-state index contributed by atoms with van der Waals surface area (Å²) >= 11 is 0. The van der Waals surface area contributed by atoms with Gasteiger partial charge < -0.3 is 10.2 Å². The molecule has 114 valence electrons. The van der Waals surface area contributed by atoms with E-state index in [1.807, 2.05) is 0 Å². The number of fused-ring (bicyclic) bond motifs is 1. The van der Waals surface area contributed by atoms with Crippen molar-refractivity contribution in [3.8, 4) is 0 Å². The average Bonchev–Trinajstić information content (AvgIpc) is 2.45. The highest BCUT2D eigenvalue weighted by atomic mass is 16.2. The molecule has 2 aliphatic rings. The third-order valence-corrected chi connectivity index (χ3v) is 4.64. The lowest BCUT2D eigenvalue weighted by Crippen LogP contribution is -2.51. The van der Waals surface area contributed by atoms with Crippen LogP contribution in [0.5, 0.6) is 0 Å². The number of amides is 2. The van der Waals surface area contributed by atoms with Crippen LogP contribution in [0.1, 0.15) is 38.5 Å². The van der Waals surface area contributed by atoms with Gasteiger partial charge in [-0.1, -0.05) is 12.8 Å². The normalized spacial score (nSPS) is 26.7. The summed E-state index contributed by atoms with van der Waals surface area (Å²) in [6, 6.07) is 0.591. The predicted molar refractivity (Wildman–Crippen MR) is 78.3 cm³/mol. The second kappa shape index (κ2) is 7.07. The molecule has 1 heterocycles. The molecule has 2 atom stereocenters. The molecular formula is C15H27N3O2. The van der Waals surface area contributed by atoms with E-state index >= 15 is 0 Å². The molecule has 0 bridgehead atoms. The smallest absolute Gasteiger partial charge is 0.241 e. The van der Waals surface area contributed by atoms with Crippen LogP contribution >= 0.6 is 0 Å². The van der Waals surface area contributed by atoms with Crippen molar-refractivity contribution in [3.63, 3.8) is 0 Å². The maximum Gasteiger partial charge on any atom is 0.241 e. The average molecular weight is 281 g/mol. The summed E-state index contributed by atoms with van der Waals surface area (Å²) in [7, 11) is 3.40. The van der Waals surface area contributed by atoms with Crippen molar-refractivity contribution < 1.29 is 9.59 Å². The molecule has 2 rings (SSSR count). The van der Waals surface area contributed by atoms with E-state index in [0.29, 0.717) is 12.6 Å². The van der Waals surface area contributed by atoms with Crippen LogP contribution in [0, 0.1) is 5.92 Å². The van der Waals surface area contributed by atoms with Gasteiger partial charge in [-0.05, 0) is 38.1 Å². The summed E-state index contributed by atoms with van der Waals surface area (Å²) in [6.45, 7) is 1.58. The lowest BCUT2D eigenvalue weighted by molar-refractivity contribution is -0.131. The second-order valence-corrected chi connectivity index (χ2v) is 6.29. The third kappa shape index (κ3) is 3.95. The second-order valence-electron chi connectivity index (χ2n) is 6.29. The molecular weight excluding hydrogens is 254 g/mol. The predicted octanol–water partition coefficient (Wildman–Crippen LogP) is 0.845. The number of rotatable bonds is 4. The van der Waals surface area contributed by atoms with Crippen molar-refractivity contribution in [1.29, 1.82) is 0 Å². The molecule has 1 saturated carbocycles. The lowest BCUT2D eigenvalue weighted by atomic mass is 9.78. The highest BCUT2D eigenvalue weighted by Crippen LogP contribution is 2.34. The number of nitrogens with zero attached hydrogens (tertiary/aromatic N) is 2. The Balaban J connectivity index is 1.79. The summed E-state index contributed by atoms with van der Waals surface area (Å²) in [5.74, 6) is 0.702. The van der Waals surface area contributed by atoms with E-state index in [1.165, 1.54) is 43.4 Å². The molecule has 5 heteroatoms. The first-order valence-corrected chi connectivity index (χ1v) is 7.79. The third-order valence-electron chi connectivity index (χ3n) is 4.64. The maximum atomic E-state index is 12.0. The van der Waals surface area contributed by atoms with Crippen molar-refractivity contribution in [1.82, 2.24) is 15.1 Å². The molecule has 0 aromatic rings. The minimum atomic E-state index is -0.0625. The Morgan fingerprint density at radius 2 is 1.85 bits per heavy atom. The van der Waals surface area contributed by atoms with Crippen LogP contribution in [-0.4, -0.2) is 61.4 Å². The van der Waals surface area contributed by atoms with Gasteiger partial charge in [0.05, 0.1) is 13.1 Å². The van der Waals surface area contributed by atoms with E-state index < -0.39 is 0 Å². The van der Waals surface area contributed by atoms with Gasteiger partial charge in [-0.25, -0.2) is 0 Å². The molecule has 1 N–H and O–H groups in total. The van der Waals surface area contributed by atoms with Gasteiger partial charge in [0.1, 0.15) is 0 Å². The topological polar surface area (TPSA) is 52.7 Å². The Labute approximate surface area is 121 Å². The van der Waals surface area contributed by atoms with E-state index in [-0.39, 0.29) is 18.4 Å². The van der Waals surface area contributed by atoms with Gasteiger partial charge in [0.2, 0.25) is 11.8 Å². The summed E-state index contributed by atoms with van der Waals surface area (Å²) in [6.07, 6.45) is 7.71. The largest absolute Gasteiger partial charge is 0.347 e. The van der Waals surface area contributed by atoms with Crippen LogP contribution in [-0.2, 0) is 9.59 Å². The quantitative estimate of drug-likeness (QED) is 0.831. The fourth-order valence-corrected chi connectivity index (χ4v) is 3.50. The minimum absolute atomic E-state index is 0.0218. The van der Waals surface area contributed by atoms with Crippen molar-refractivity contribution in [2.75, 3.05) is 33.7 Å². The molecule has 1 saturated heterocycles. The van der Waals surface area contributed by atoms with Gasteiger partial charge in [-0.15, -0.1) is 0 Å². The first-order valence-electron chi connectivity index (χ1n) is 7.79. The zero-order chi connectivity index (χ0) is 14.5. The van der Waals surface area contributed by atoms with Crippen LogP contribution < -0.4 is 5.32 Å². The monoisotopic (exact) mass is 281 g/mol. The summed E-state index contributed by atoms with van der Waals surface area (Å²) in [5.41, 5.74) is 0. The van der Waals surface area contributed by atoms with Crippen molar-refractivity contribution >= 4 is 11.8 Å². The van der Waals surface area contributed by atoms with Gasteiger partial charge in [0, 0.05) is 20.1 Å². The molecule has 0 aromatic carbocycles. The van der Waals surface area contributed by atoms with E-state index in [0.717, 1.165) is 12.5 Å². The zero-order valence-corrected chi connectivity index (χ0v) is 12.7. The molecule has 0 unspecified atom stereocenters. The number of carbonyl (C=O) groups excluding carboxylic acids is 2.